The SMILES string of the molecule is C#C.CCC(C(=O)OC)C1C/C=C(C(C)O)\C(O)=C/CCC1. The molecule has 0 aromatic carbocycles. The summed E-state index contributed by atoms with van der Waals surface area (Å²) in [5, 5.41) is 19.7. The van der Waals surface area contributed by atoms with Crippen LogP contribution in [0.4, 0.5) is 0 Å². The summed E-state index contributed by atoms with van der Waals surface area (Å²) in [5.74, 6) is 0.0694. The highest BCUT2D eigenvalue weighted by Gasteiger charge is 2.27. The van der Waals surface area contributed by atoms with E-state index in [-0.39, 0.29) is 23.6 Å². The van der Waals surface area contributed by atoms with E-state index in [0.29, 0.717) is 12.0 Å². The van der Waals surface area contributed by atoms with Crippen LogP contribution in [-0.4, -0.2) is 29.4 Å². The first-order chi connectivity index (χ1) is 10.5. The molecule has 0 fully saturated rings. The lowest BCUT2D eigenvalue weighted by molar-refractivity contribution is -0.147. The summed E-state index contributed by atoms with van der Waals surface area (Å²) >= 11 is 0. The zero-order chi connectivity index (χ0) is 17.1. The molecule has 3 unspecified atom stereocenters. The molecule has 4 nitrogen and oxygen atoms in total. The Morgan fingerprint density at radius 1 is 1.45 bits per heavy atom. The van der Waals surface area contributed by atoms with Crippen LogP contribution in [-0.2, 0) is 9.53 Å². The first-order valence-electron chi connectivity index (χ1n) is 7.70. The molecular weight excluding hydrogens is 280 g/mol. The van der Waals surface area contributed by atoms with Gasteiger partial charge in [0.1, 0.15) is 5.76 Å². The van der Waals surface area contributed by atoms with E-state index in [1.54, 1.807) is 13.0 Å². The summed E-state index contributed by atoms with van der Waals surface area (Å²) in [6, 6.07) is 0. The summed E-state index contributed by atoms with van der Waals surface area (Å²) in [6.07, 6.45) is 14.9. The van der Waals surface area contributed by atoms with E-state index in [9.17, 15) is 15.0 Å². The second-order valence-corrected chi connectivity index (χ2v) is 5.39. The Balaban J connectivity index is 0.00000211. The largest absolute Gasteiger partial charge is 0.508 e. The van der Waals surface area contributed by atoms with Crippen LogP contribution in [0.3, 0.4) is 0 Å². The monoisotopic (exact) mass is 308 g/mol. The summed E-state index contributed by atoms with van der Waals surface area (Å²) < 4.78 is 4.88. The lowest BCUT2D eigenvalue weighted by Gasteiger charge is -2.23. The molecule has 22 heavy (non-hydrogen) atoms. The quantitative estimate of drug-likeness (QED) is 0.617. The number of methoxy groups -OCH3 is 1. The van der Waals surface area contributed by atoms with Crippen molar-refractivity contribution >= 4 is 5.97 Å². The topological polar surface area (TPSA) is 66.8 Å². The molecule has 3 atom stereocenters. The van der Waals surface area contributed by atoms with Crippen molar-refractivity contribution in [3.05, 3.63) is 23.5 Å². The molecule has 1 aliphatic carbocycles. The maximum atomic E-state index is 11.9. The van der Waals surface area contributed by atoms with E-state index in [2.05, 4.69) is 12.8 Å². The van der Waals surface area contributed by atoms with Gasteiger partial charge in [-0.25, -0.2) is 0 Å². The molecule has 4 heteroatoms. The number of allylic oxidation sites excluding steroid dienone is 2. The summed E-state index contributed by atoms with van der Waals surface area (Å²) in [5.41, 5.74) is 0.552. The molecule has 0 aromatic rings. The first-order valence-corrected chi connectivity index (χ1v) is 7.70. The number of esters is 1. The fraction of sp³-hybridized carbons (Fsp3) is 0.611. The standard InChI is InChI=1S/C16H26O4.C2H2/c1-4-13(16(19)20-3)12-7-5-6-8-15(18)14(10-9-12)11(2)17;1-2/h8,10-13,17-18H,4-7,9H2,1-3H3;1-2H/b14-10-,15-8+;. The van der Waals surface area contributed by atoms with Gasteiger partial charge in [0, 0.05) is 5.57 Å². The fourth-order valence-electron chi connectivity index (χ4n) is 2.83. The van der Waals surface area contributed by atoms with Crippen LogP contribution in [0.1, 0.15) is 46.0 Å². The maximum Gasteiger partial charge on any atom is 0.308 e. The molecule has 124 valence electrons. The van der Waals surface area contributed by atoms with Gasteiger partial charge in [0.05, 0.1) is 19.1 Å². The smallest absolute Gasteiger partial charge is 0.308 e. The molecule has 0 aromatic heterocycles. The molecule has 2 N–H and O–H groups in total. The molecular formula is C18H28O4. The Hall–Kier alpha value is -1.73. The van der Waals surface area contributed by atoms with Gasteiger partial charge in [0.2, 0.25) is 0 Å². The Labute approximate surface area is 133 Å². The van der Waals surface area contributed by atoms with Crippen molar-refractivity contribution in [3.63, 3.8) is 0 Å². The van der Waals surface area contributed by atoms with Gasteiger partial charge in [-0.05, 0) is 51.0 Å². The number of ether oxygens (including phenoxy) is 1. The lowest BCUT2D eigenvalue weighted by atomic mass is 9.83. The van der Waals surface area contributed by atoms with Crippen LogP contribution in [0.25, 0.3) is 0 Å². The molecule has 0 saturated heterocycles. The van der Waals surface area contributed by atoms with Gasteiger partial charge in [0.15, 0.2) is 0 Å². The highest BCUT2D eigenvalue weighted by atomic mass is 16.5. The van der Waals surface area contributed by atoms with Gasteiger partial charge in [-0.1, -0.05) is 13.0 Å². The van der Waals surface area contributed by atoms with Gasteiger partial charge in [-0.3, -0.25) is 4.79 Å². The summed E-state index contributed by atoms with van der Waals surface area (Å²) in [7, 11) is 1.42. The van der Waals surface area contributed by atoms with Crippen LogP contribution < -0.4 is 0 Å². The predicted molar refractivity (Wildman–Crippen MR) is 88.1 cm³/mol. The Bertz CT molecular complexity index is 418. The predicted octanol–water partition coefficient (Wildman–Crippen LogP) is 3.37. The minimum absolute atomic E-state index is 0.119. The molecule has 0 aliphatic heterocycles. The van der Waals surface area contributed by atoms with Gasteiger partial charge in [0.25, 0.3) is 0 Å². The van der Waals surface area contributed by atoms with Crippen molar-refractivity contribution in [3.8, 4) is 12.8 Å². The molecule has 1 aliphatic rings. The number of carbonyl (C=O) groups is 1. The van der Waals surface area contributed by atoms with Crippen LogP contribution in [0, 0.1) is 24.7 Å². The highest BCUT2D eigenvalue weighted by molar-refractivity contribution is 5.72. The number of carbonyl (C=O) groups excluding carboxylic acids is 1. The number of hydrogen-bond donors (Lipinski definition) is 2. The Kier molecular flexibility index (Phi) is 10.1. The first kappa shape index (κ1) is 20.3. The second kappa shape index (κ2) is 10.9. The van der Waals surface area contributed by atoms with Crippen LogP contribution >= 0.6 is 0 Å². The summed E-state index contributed by atoms with van der Waals surface area (Å²) in [4.78, 5) is 11.9. The number of aliphatic hydroxyl groups excluding tert-OH is 2. The van der Waals surface area contributed by atoms with Gasteiger partial charge in [-0.15, -0.1) is 12.8 Å². The van der Waals surface area contributed by atoms with E-state index in [4.69, 9.17) is 4.74 Å². The van der Waals surface area contributed by atoms with Gasteiger partial charge >= 0.3 is 5.97 Å². The number of hydrogen-bond acceptors (Lipinski definition) is 4. The van der Waals surface area contributed by atoms with Crippen LogP contribution in [0.5, 0.6) is 0 Å². The number of rotatable bonds is 4. The van der Waals surface area contributed by atoms with Crippen LogP contribution in [0.15, 0.2) is 23.5 Å². The minimum Gasteiger partial charge on any atom is -0.508 e. The fourth-order valence-corrected chi connectivity index (χ4v) is 2.83. The third-order valence-electron chi connectivity index (χ3n) is 4.02. The zero-order valence-corrected chi connectivity index (χ0v) is 13.8. The average molecular weight is 308 g/mol. The van der Waals surface area contributed by atoms with E-state index in [0.717, 1.165) is 25.7 Å². The maximum absolute atomic E-state index is 11.9. The van der Waals surface area contributed by atoms with Gasteiger partial charge < -0.3 is 14.9 Å². The molecule has 1 rings (SSSR count). The zero-order valence-electron chi connectivity index (χ0n) is 13.8. The highest BCUT2D eigenvalue weighted by Crippen LogP contribution is 2.30. The third kappa shape index (κ3) is 5.95. The molecule has 0 bridgehead atoms. The molecule has 0 spiro atoms. The van der Waals surface area contributed by atoms with Crippen molar-refractivity contribution in [2.75, 3.05) is 7.11 Å². The Morgan fingerprint density at radius 2 is 2.09 bits per heavy atom. The number of terminal acetylenes is 1. The third-order valence-corrected chi connectivity index (χ3v) is 4.02. The van der Waals surface area contributed by atoms with Crippen molar-refractivity contribution < 1.29 is 19.7 Å². The van der Waals surface area contributed by atoms with E-state index >= 15 is 0 Å². The van der Waals surface area contributed by atoms with Crippen molar-refractivity contribution in [2.24, 2.45) is 11.8 Å². The average Bonchev–Trinajstić information content (AvgIpc) is 2.61. The molecule has 0 heterocycles. The van der Waals surface area contributed by atoms with Crippen molar-refractivity contribution in [1.82, 2.24) is 0 Å². The number of aliphatic hydroxyl groups is 2. The molecule has 0 saturated carbocycles. The van der Waals surface area contributed by atoms with E-state index < -0.39 is 6.10 Å². The minimum atomic E-state index is -0.705. The lowest BCUT2D eigenvalue weighted by Crippen LogP contribution is -2.24. The molecule has 0 radical (unpaired) electrons. The second-order valence-electron chi connectivity index (χ2n) is 5.39. The Morgan fingerprint density at radius 3 is 2.59 bits per heavy atom. The van der Waals surface area contributed by atoms with Crippen molar-refractivity contribution in [1.29, 1.82) is 0 Å². The summed E-state index contributed by atoms with van der Waals surface area (Å²) in [6.45, 7) is 3.63. The molecule has 0 amide bonds. The van der Waals surface area contributed by atoms with Crippen molar-refractivity contribution in [2.45, 2.75) is 52.1 Å². The normalized spacial score (nSPS) is 26.2. The van der Waals surface area contributed by atoms with E-state index in [1.165, 1.54) is 7.11 Å². The van der Waals surface area contributed by atoms with E-state index in [1.807, 2.05) is 13.0 Å². The van der Waals surface area contributed by atoms with Gasteiger partial charge in [-0.2, -0.15) is 0 Å². The van der Waals surface area contributed by atoms with Crippen LogP contribution in [0.2, 0.25) is 0 Å².